The molecule has 4 aromatic carbocycles. The highest BCUT2D eigenvalue weighted by Gasteiger charge is 2.67. The highest BCUT2D eigenvalue weighted by Crippen LogP contribution is 2.60. The molecule has 5 atom stereocenters. The summed E-state index contributed by atoms with van der Waals surface area (Å²) in [4.78, 5) is 45.1. The molecular weight excluding hydrogens is 713 g/mol. The number of aliphatic hydroxyl groups excluding tert-OH is 1. The van der Waals surface area contributed by atoms with Crippen molar-refractivity contribution in [2.24, 2.45) is 5.92 Å². The molecule has 3 aliphatic heterocycles. The molecule has 7 rings (SSSR count). The Bertz CT molecular complexity index is 2040. The molecular formula is C41H43ClFN3O6Si. The number of aliphatic hydroxyl groups is 1. The van der Waals surface area contributed by atoms with Gasteiger partial charge >= 0.3 is 0 Å². The maximum absolute atomic E-state index is 16.5. The minimum absolute atomic E-state index is 0.122. The van der Waals surface area contributed by atoms with Crippen LogP contribution in [0.2, 0.25) is 23.7 Å². The fraction of sp³-hybridized carbons (Fsp3) is 0.341. The number of benzene rings is 4. The smallest absolute Gasteiger partial charge is 0.264 e. The number of carbonyl (C=O) groups is 3. The molecule has 3 aliphatic rings. The van der Waals surface area contributed by atoms with Crippen molar-refractivity contribution in [3.05, 3.63) is 124 Å². The summed E-state index contributed by atoms with van der Waals surface area (Å²) >= 11 is 6.55. The van der Waals surface area contributed by atoms with E-state index in [0.29, 0.717) is 46.2 Å². The number of nitrogens with zero attached hydrogens (tertiary/aromatic N) is 2. The lowest BCUT2D eigenvalue weighted by Crippen LogP contribution is -2.48. The van der Waals surface area contributed by atoms with Crippen LogP contribution in [0.5, 0.6) is 5.75 Å². The average molecular weight is 756 g/mol. The van der Waals surface area contributed by atoms with Gasteiger partial charge < -0.3 is 33.8 Å². The Balaban J connectivity index is 1.14. The standard InChI is InChI=1S/C41H43ClFN3O6Si/c1-25-38(53(3,4)43)36(21-37(48)45-23-29-8-6-5-7-28(29)19-32(45)24-47)52-41(25)34-20-30(42)13-18-35(34)46(40(41)50)22-26-9-14-31(15-10-26)44-39(49)27-11-16-33(51-2)17-12-27/h5-18,20,25,32,36,38,47H,19,21-24H2,1-4H3,(H,44,49)/t25-,32+,36+,38-,41+/m1/s1. The van der Waals surface area contributed by atoms with Gasteiger partial charge in [0.05, 0.1) is 44.5 Å². The van der Waals surface area contributed by atoms with Crippen LogP contribution in [0, 0.1) is 5.92 Å². The van der Waals surface area contributed by atoms with Gasteiger partial charge in [0.2, 0.25) is 14.3 Å². The minimum Gasteiger partial charge on any atom is -0.497 e. The van der Waals surface area contributed by atoms with Crippen molar-refractivity contribution < 1.29 is 33.1 Å². The van der Waals surface area contributed by atoms with Gasteiger partial charge in [-0.2, -0.15) is 0 Å². The normalized spacial score (nSPS) is 23.6. The van der Waals surface area contributed by atoms with Gasteiger partial charge in [-0.25, -0.2) is 0 Å². The molecule has 9 nitrogen and oxygen atoms in total. The van der Waals surface area contributed by atoms with Crippen LogP contribution in [-0.4, -0.2) is 62.0 Å². The Morgan fingerprint density at radius 3 is 2.40 bits per heavy atom. The quantitative estimate of drug-likeness (QED) is 0.138. The topological polar surface area (TPSA) is 108 Å². The highest BCUT2D eigenvalue weighted by atomic mass is 35.5. The van der Waals surface area contributed by atoms with Crippen molar-refractivity contribution in [1.82, 2.24) is 4.90 Å². The lowest BCUT2D eigenvalue weighted by atomic mass is 9.82. The first-order chi connectivity index (χ1) is 25.3. The van der Waals surface area contributed by atoms with E-state index >= 15 is 4.11 Å². The van der Waals surface area contributed by atoms with E-state index in [4.69, 9.17) is 21.1 Å². The van der Waals surface area contributed by atoms with E-state index in [1.165, 1.54) is 0 Å². The predicted octanol–water partition coefficient (Wildman–Crippen LogP) is 7.26. The van der Waals surface area contributed by atoms with E-state index in [0.717, 1.165) is 16.7 Å². The largest absolute Gasteiger partial charge is 0.497 e. The van der Waals surface area contributed by atoms with Crippen LogP contribution in [0.4, 0.5) is 15.5 Å². The minimum atomic E-state index is -3.54. The Kier molecular flexibility index (Phi) is 9.96. The second kappa shape index (κ2) is 14.4. The Labute approximate surface area is 314 Å². The van der Waals surface area contributed by atoms with E-state index in [1.807, 2.05) is 43.3 Å². The molecule has 12 heteroatoms. The third-order valence-corrected chi connectivity index (χ3v) is 13.8. The number of anilines is 2. The second-order valence-electron chi connectivity index (χ2n) is 14.7. The van der Waals surface area contributed by atoms with Crippen LogP contribution >= 0.6 is 11.6 Å². The maximum atomic E-state index is 16.5. The number of carbonyl (C=O) groups excluding carboxylic acids is 3. The van der Waals surface area contributed by atoms with Gasteiger partial charge in [0.15, 0.2) is 5.60 Å². The van der Waals surface area contributed by atoms with Crippen molar-refractivity contribution in [1.29, 1.82) is 0 Å². The zero-order valence-corrected chi connectivity index (χ0v) is 31.9. The molecule has 0 radical (unpaired) electrons. The van der Waals surface area contributed by atoms with E-state index < -0.39 is 37.6 Å². The van der Waals surface area contributed by atoms with E-state index in [1.54, 1.807) is 84.6 Å². The van der Waals surface area contributed by atoms with Gasteiger partial charge in [-0.15, -0.1) is 0 Å². The zero-order chi connectivity index (χ0) is 37.7. The Hall–Kier alpha value is -4.55. The number of halogens is 2. The van der Waals surface area contributed by atoms with Gasteiger partial charge in [0.1, 0.15) is 5.75 Å². The summed E-state index contributed by atoms with van der Waals surface area (Å²) in [7, 11) is -1.98. The summed E-state index contributed by atoms with van der Waals surface area (Å²) < 4.78 is 28.5. The molecule has 1 fully saturated rings. The van der Waals surface area contributed by atoms with Crippen LogP contribution < -0.4 is 15.0 Å². The first-order valence-corrected chi connectivity index (χ1v) is 21.2. The molecule has 4 aromatic rings. The van der Waals surface area contributed by atoms with E-state index in [-0.39, 0.29) is 37.3 Å². The molecule has 3 amide bonds. The molecule has 2 N–H and O–H groups in total. The van der Waals surface area contributed by atoms with E-state index in [2.05, 4.69) is 5.32 Å². The van der Waals surface area contributed by atoms with Crippen LogP contribution in [-0.2, 0) is 39.4 Å². The van der Waals surface area contributed by atoms with Crippen LogP contribution in [0.3, 0.4) is 0 Å². The molecule has 0 aromatic heterocycles. The summed E-state index contributed by atoms with van der Waals surface area (Å²) in [5.74, 6) is -0.802. The Morgan fingerprint density at radius 2 is 1.74 bits per heavy atom. The van der Waals surface area contributed by atoms with Crippen molar-refractivity contribution in [2.75, 3.05) is 23.9 Å². The molecule has 1 saturated heterocycles. The first-order valence-electron chi connectivity index (χ1n) is 17.8. The number of methoxy groups -OCH3 is 1. The van der Waals surface area contributed by atoms with Crippen LogP contribution in [0.15, 0.2) is 91.0 Å². The molecule has 1 spiro atoms. The van der Waals surface area contributed by atoms with Crippen molar-refractivity contribution in [2.45, 2.75) is 69.2 Å². The molecule has 0 saturated carbocycles. The third-order valence-electron chi connectivity index (χ3n) is 11.1. The second-order valence-corrected chi connectivity index (χ2v) is 19.0. The molecule has 276 valence electrons. The monoisotopic (exact) mass is 755 g/mol. The predicted molar refractivity (Wildman–Crippen MR) is 204 cm³/mol. The number of rotatable bonds is 9. The number of nitrogens with one attached hydrogen (secondary N) is 1. The van der Waals surface area contributed by atoms with E-state index in [9.17, 15) is 19.5 Å². The number of hydrogen-bond acceptors (Lipinski definition) is 6. The SMILES string of the molecule is COc1ccc(C(=O)Nc2ccc(CN3C(=O)[C@@]4(O[C@@H](CC(=O)N5Cc6ccccc6C[C@H]5CO)[C@H]([Si](C)(C)F)[C@H]4C)c4cc(Cl)ccc43)cc2)cc1. The number of amides is 3. The van der Waals surface area contributed by atoms with Gasteiger partial charge in [-0.1, -0.05) is 54.9 Å². The molecule has 0 aliphatic carbocycles. The summed E-state index contributed by atoms with van der Waals surface area (Å²) in [6.07, 6.45) is -0.472. The van der Waals surface area contributed by atoms with Gasteiger partial charge in [0.25, 0.3) is 11.8 Å². The summed E-state index contributed by atoms with van der Waals surface area (Å²) in [5.41, 5.74) is 2.91. The number of ether oxygens (including phenoxy) is 2. The van der Waals surface area contributed by atoms with Gasteiger partial charge in [-0.3, -0.25) is 14.4 Å². The molecule has 3 heterocycles. The fourth-order valence-electron chi connectivity index (χ4n) is 8.53. The molecule has 53 heavy (non-hydrogen) atoms. The molecule has 0 unspecified atom stereocenters. The average Bonchev–Trinajstić information content (AvgIpc) is 3.57. The lowest BCUT2D eigenvalue weighted by Gasteiger charge is -2.37. The molecule has 0 bridgehead atoms. The third kappa shape index (κ3) is 6.75. The summed E-state index contributed by atoms with van der Waals surface area (Å²) in [6.45, 7) is 5.38. The van der Waals surface area contributed by atoms with Crippen molar-refractivity contribution in [3.63, 3.8) is 0 Å². The highest BCUT2D eigenvalue weighted by molar-refractivity contribution is 6.72. The number of fused-ring (bicyclic) bond motifs is 3. The maximum Gasteiger partial charge on any atom is 0.264 e. The first kappa shape index (κ1) is 36.8. The van der Waals surface area contributed by atoms with Gasteiger partial charge in [0, 0.05) is 39.8 Å². The lowest BCUT2D eigenvalue weighted by molar-refractivity contribution is -0.151. The summed E-state index contributed by atoms with van der Waals surface area (Å²) in [5, 5.41) is 13.6. The Morgan fingerprint density at radius 1 is 1.04 bits per heavy atom. The van der Waals surface area contributed by atoms with Gasteiger partial charge in [-0.05, 0) is 90.8 Å². The zero-order valence-electron chi connectivity index (χ0n) is 30.1. The number of hydrogen-bond donors (Lipinski definition) is 2. The van der Waals surface area contributed by atoms with Crippen molar-refractivity contribution in [3.8, 4) is 5.75 Å². The fourth-order valence-corrected chi connectivity index (χ4v) is 11.2. The van der Waals surface area contributed by atoms with Crippen molar-refractivity contribution >= 4 is 49.1 Å². The van der Waals surface area contributed by atoms with Crippen LogP contribution in [0.1, 0.15) is 46.0 Å². The van der Waals surface area contributed by atoms with Crippen LogP contribution in [0.25, 0.3) is 0 Å². The summed E-state index contributed by atoms with van der Waals surface area (Å²) in [6, 6.07) is 26.7.